The lowest BCUT2D eigenvalue weighted by molar-refractivity contribution is -0.156. The summed E-state index contributed by atoms with van der Waals surface area (Å²) in [4.78, 5) is 178. The van der Waals surface area contributed by atoms with E-state index in [0.717, 1.165) is 19.6 Å². The first-order valence-corrected chi connectivity index (χ1v) is 31.7. The minimum Gasteiger partial charge on any atom is -0.368 e. The van der Waals surface area contributed by atoms with Gasteiger partial charge < -0.3 is 59.5 Å². The van der Waals surface area contributed by atoms with Crippen LogP contribution >= 0.6 is 0 Å². The van der Waals surface area contributed by atoms with Gasteiger partial charge >= 0.3 is 12.2 Å². The number of aliphatic imine (C=N–C) groups is 1. The molecule has 5 rings (SSSR count). The Bertz CT molecular complexity index is 2660. The first kappa shape index (κ1) is 75.8. The van der Waals surface area contributed by atoms with Crippen molar-refractivity contribution < 1.29 is 70.6 Å². The summed E-state index contributed by atoms with van der Waals surface area (Å²) in [6, 6.07) is -15.3. The summed E-state index contributed by atoms with van der Waals surface area (Å²) in [7, 11) is 9.60. The van der Waals surface area contributed by atoms with E-state index in [1.54, 1.807) is 20.8 Å². The summed E-state index contributed by atoms with van der Waals surface area (Å²) >= 11 is 0. The number of halogens is 3. The highest BCUT2D eigenvalue weighted by Crippen LogP contribution is 2.38. The quantitative estimate of drug-likeness (QED) is 0.211. The van der Waals surface area contributed by atoms with Crippen molar-refractivity contribution in [3.8, 4) is 0 Å². The SMILES string of the molecule is CC[C@H]1C(=O)N(C)[C@H](C)C(=O)N(C)[C@@H](CC(C)C)C(=O)N[C@H](C(C)C)C(=O)N(C)C(CC(C)C)C(=O)N[C@H](C)C(=O)NC(=O)N(C)[C@H](CC(C)C)C(=O)N(C)C(CC(C)C)C(=O)N(C)[C@@H]2C(=O)N(C)[C@@H]3C(=O)N1[C@H](CC1=NCCN1CCC(F)(F)F)[C@H]3OC2C. The summed E-state index contributed by atoms with van der Waals surface area (Å²) in [5, 5.41) is 7.77. The molecule has 5 heterocycles. The molecule has 0 spiro atoms. The van der Waals surface area contributed by atoms with Gasteiger partial charge in [-0.1, -0.05) is 76.2 Å². The molecule has 5 aliphatic heterocycles. The topological polar surface area (TPSA) is 275 Å². The van der Waals surface area contributed by atoms with E-state index < -0.39 is 169 Å². The van der Waals surface area contributed by atoms with Gasteiger partial charge in [-0.2, -0.15) is 13.2 Å². The average molecular weight is 1280 g/mol. The zero-order valence-electron chi connectivity index (χ0n) is 57.0. The third-order valence-corrected chi connectivity index (χ3v) is 17.9. The normalized spacial score (nSPS) is 29.7. The van der Waals surface area contributed by atoms with Crippen LogP contribution in [0.2, 0.25) is 0 Å². The first-order chi connectivity index (χ1) is 41.6. The average Bonchev–Trinajstić information content (AvgIpc) is 1.58. The Morgan fingerprint density at radius 1 is 0.533 bits per heavy atom. The van der Waals surface area contributed by atoms with Gasteiger partial charge in [0.2, 0.25) is 59.1 Å². The Labute approximate surface area is 530 Å². The number of ether oxygens (including phenoxy) is 1. The standard InChI is InChI=1S/C62H104F3N13O12/c1-22-40-55(83)70(15)38(13)54(82)71(16)43(28-33(4)5)53(81)68-47(36(10)11)58(86)72(17)42(27-32(2)3)52(80)67-37(12)51(79)69-61(89)74(19)45(30-35(8)9)56(84)73(18)44(29-34(6)7)57(85)75(20)48-39(14)90-50-41(78(40)60(88)49(50)76(21)59(48)87)31-46-66-24-26-77(46)25-23-62(63,64)65/h32-45,47-50H,22-31H2,1-21H3,(H,67,80)(H,68,81)(H,69,79,89)/t37-,38-,39?,40+,41-,42?,43+,44?,45-,47-,48+,49+,50-/m1/s1. The second-order valence-electron chi connectivity index (χ2n) is 27.1. The van der Waals surface area contributed by atoms with Crippen molar-refractivity contribution in [2.75, 3.05) is 69.0 Å². The zero-order chi connectivity index (χ0) is 68.6. The van der Waals surface area contributed by atoms with Crippen molar-refractivity contribution >= 4 is 70.9 Å². The van der Waals surface area contributed by atoms with Crippen LogP contribution in [0.15, 0.2) is 4.99 Å². The van der Waals surface area contributed by atoms with Crippen LogP contribution in [0.3, 0.4) is 0 Å². The van der Waals surface area contributed by atoms with E-state index in [9.17, 15) is 46.7 Å². The Morgan fingerprint density at radius 2 is 0.989 bits per heavy atom. The number of amides is 12. The van der Waals surface area contributed by atoms with E-state index >= 15 is 19.2 Å². The monoisotopic (exact) mass is 1280 g/mol. The van der Waals surface area contributed by atoms with Gasteiger partial charge in [0, 0.05) is 68.8 Å². The summed E-state index contributed by atoms with van der Waals surface area (Å²) in [6.45, 7) is 23.8. The van der Waals surface area contributed by atoms with Gasteiger partial charge in [-0.25, -0.2) is 4.79 Å². The number of imide groups is 1. The number of carbonyl (C=O) groups is 11. The minimum absolute atomic E-state index is 0.0603. The van der Waals surface area contributed by atoms with Gasteiger partial charge in [-0.15, -0.1) is 0 Å². The summed E-state index contributed by atoms with van der Waals surface area (Å²) < 4.78 is 48.1. The molecule has 0 aromatic heterocycles. The zero-order valence-corrected chi connectivity index (χ0v) is 57.0. The summed E-state index contributed by atoms with van der Waals surface area (Å²) in [5.74, 6) is -8.58. The predicted molar refractivity (Wildman–Crippen MR) is 331 cm³/mol. The Kier molecular flexibility index (Phi) is 26.6. The highest BCUT2D eigenvalue weighted by atomic mass is 19.4. The van der Waals surface area contributed by atoms with Crippen molar-refractivity contribution in [1.29, 1.82) is 0 Å². The van der Waals surface area contributed by atoms with Crippen molar-refractivity contribution in [3.63, 3.8) is 0 Å². The van der Waals surface area contributed by atoms with Gasteiger partial charge in [0.25, 0.3) is 0 Å². The van der Waals surface area contributed by atoms with Crippen molar-refractivity contribution in [2.45, 2.75) is 227 Å². The molecule has 90 heavy (non-hydrogen) atoms. The van der Waals surface area contributed by atoms with E-state index in [0.29, 0.717) is 0 Å². The number of hydrogen-bond acceptors (Lipinski definition) is 14. The molecule has 25 nitrogen and oxygen atoms in total. The van der Waals surface area contributed by atoms with Crippen LogP contribution < -0.4 is 16.0 Å². The van der Waals surface area contributed by atoms with Crippen LogP contribution in [-0.4, -0.2) is 269 Å². The van der Waals surface area contributed by atoms with Crippen LogP contribution in [0.1, 0.15) is 142 Å². The molecule has 0 aromatic rings. The Balaban J connectivity index is 1.96. The van der Waals surface area contributed by atoms with Crippen molar-refractivity contribution in [1.82, 2.24) is 60.0 Å². The number of rotatable bonds is 14. The molecule has 0 aromatic carbocycles. The molecule has 0 aliphatic carbocycles. The third-order valence-electron chi connectivity index (χ3n) is 17.9. The number of urea groups is 1. The fraction of sp³-hybridized carbons (Fsp3) is 0.806. The number of likely N-dealkylation sites (N-methyl/N-ethyl adjacent to an activating group) is 7. The van der Waals surface area contributed by atoms with E-state index in [1.165, 1.54) is 94.6 Å². The molecule has 5 aliphatic rings. The second kappa shape index (κ2) is 31.6. The number of carbonyl (C=O) groups excluding carboxylic acids is 11. The lowest BCUT2D eigenvalue weighted by atomic mass is 9.96. The van der Waals surface area contributed by atoms with Gasteiger partial charge in [0.15, 0.2) is 0 Å². The van der Waals surface area contributed by atoms with Gasteiger partial charge in [-0.05, 0) is 82.5 Å². The molecule has 4 bridgehead atoms. The van der Waals surface area contributed by atoms with Crippen LogP contribution in [0, 0.1) is 29.6 Å². The molecule has 3 unspecified atom stereocenters. The largest absolute Gasteiger partial charge is 0.390 e. The number of hydrogen-bond donors (Lipinski definition) is 3. The van der Waals surface area contributed by atoms with Crippen LogP contribution in [0.25, 0.3) is 0 Å². The molecule has 13 atom stereocenters. The van der Waals surface area contributed by atoms with E-state index in [4.69, 9.17) is 4.74 Å². The smallest absolute Gasteiger partial charge is 0.368 e. The van der Waals surface area contributed by atoms with E-state index in [-0.39, 0.29) is 81.1 Å². The predicted octanol–water partition coefficient (Wildman–Crippen LogP) is 3.18. The van der Waals surface area contributed by atoms with Gasteiger partial charge in [-0.3, -0.25) is 58.3 Å². The van der Waals surface area contributed by atoms with Crippen LogP contribution in [0.5, 0.6) is 0 Å². The first-order valence-electron chi connectivity index (χ1n) is 31.7. The molecule has 0 radical (unpaired) electrons. The highest BCUT2D eigenvalue weighted by Gasteiger charge is 2.60. The molecule has 12 amide bonds. The molecule has 3 N–H and O–H groups in total. The Hall–Kier alpha value is -6.61. The number of nitrogens with zero attached hydrogens (tertiary/aromatic N) is 10. The maximum absolute atomic E-state index is 15.5. The minimum atomic E-state index is -4.52. The van der Waals surface area contributed by atoms with Crippen LogP contribution in [0.4, 0.5) is 18.0 Å². The molecule has 4 saturated heterocycles. The highest BCUT2D eigenvalue weighted by molar-refractivity contribution is 6.02. The molecule has 510 valence electrons. The van der Waals surface area contributed by atoms with E-state index in [2.05, 4.69) is 20.9 Å². The second-order valence-corrected chi connectivity index (χ2v) is 27.1. The lowest BCUT2D eigenvalue weighted by Gasteiger charge is -2.40. The Morgan fingerprint density at radius 3 is 1.49 bits per heavy atom. The molecule has 28 heteroatoms. The van der Waals surface area contributed by atoms with Crippen LogP contribution in [-0.2, 0) is 52.7 Å². The fourth-order valence-electron chi connectivity index (χ4n) is 12.5. The number of fused-ring (bicyclic) bond motifs is 27. The molecule has 4 fully saturated rings. The number of nitrogens with one attached hydrogen (secondary N) is 3. The number of amidine groups is 1. The summed E-state index contributed by atoms with van der Waals surface area (Å²) in [5.41, 5.74) is 0. The molecule has 0 saturated carbocycles. The number of alkyl halides is 3. The van der Waals surface area contributed by atoms with Crippen molar-refractivity contribution in [2.24, 2.45) is 34.6 Å². The van der Waals surface area contributed by atoms with E-state index in [1.807, 2.05) is 55.4 Å². The molecular weight excluding hydrogens is 1180 g/mol. The van der Waals surface area contributed by atoms with Crippen molar-refractivity contribution in [3.05, 3.63) is 0 Å². The molecular formula is C62H104F3N13O12. The summed E-state index contributed by atoms with van der Waals surface area (Å²) in [6.07, 6.45) is -8.15. The van der Waals surface area contributed by atoms with Gasteiger partial charge in [0.05, 0.1) is 25.1 Å². The fourth-order valence-corrected chi connectivity index (χ4v) is 12.5. The third kappa shape index (κ3) is 17.9. The van der Waals surface area contributed by atoms with Gasteiger partial charge in [0.1, 0.15) is 72.4 Å². The maximum Gasteiger partial charge on any atom is 0.390 e. The lowest BCUT2D eigenvalue weighted by Crippen LogP contribution is -2.62. The maximum atomic E-state index is 15.5.